The second-order valence-electron chi connectivity index (χ2n) is 4.53. The molecule has 0 bridgehead atoms. The van der Waals surface area contributed by atoms with E-state index in [0.29, 0.717) is 11.6 Å². The number of methoxy groups -OCH3 is 1. The number of aromatic nitrogens is 6. The Hall–Kier alpha value is -2.90. The van der Waals surface area contributed by atoms with Crippen LogP contribution in [0.15, 0.2) is 36.7 Å². The monoisotopic (exact) mass is 300 g/mol. The van der Waals surface area contributed by atoms with Crippen LogP contribution in [0.25, 0.3) is 5.69 Å². The van der Waals surface area contributed by atoms with Crippen LogP contribution in [-0.4, -0.2) is 37.1 Å². The molecule has 0 spiro atoms. The molecule has 114 valence electrons. The standard InChI is InChI=1S/C14H16N6O2/c1-3-19-9-13(8-15-19)22-10-14-16-17-18-20(14)11-4-6-12(21-2)7-5-11/h4-9H,3,10H2,1-2H3. The first-order valence-electron chi connectivity index (χ1n) is 6.87. The Morgan fingerprint density at radius 1 is 1.14 bits per heavy atom. The molecule has 0 aliphatic carbocycles. The Labute approximate surface area is 127 Å². The Kier molecular flexibility index (Phi) is 3.99. The Bertz CT molecular complexity index is 734. The molecule has 0 atom stereocenters. The number of nitrogens with zero attached hydrogens (tertiary/aromatic N) is 6. The number of rotatable bonds is 6. The molecule has 1 aromatic carbocycles. The largest absolute Gasteiger partial charge is 0.497 e. The van der Waals surface area contributed by atoms with Crippen molar-refractivity contribution in [1.29, 1.82) is 0 Å². The number of hydrogen-bond donors (Lipinski definition) is 0. The van der Waals surface area contributed by atoms with Gasteiger partial charge in [0.15, 0.2) is 18.2 Å². The molecule has 3 aromatic rings. The second kappa shape index (κ2) is 6.25. The highest BCUT2D eigenvalue weighted by molar-refractivity contribution is 5.36. The smallest absolute Gasteiger partial charge is 0.194 e. The van der Waals surface area contributed by atoms with Crippen LogP contribution in [0.3, 0.4) is 0 Å². The number of tetrazole rings is 1. The molecule has 2 heterocycles. The molecule has 0 aliphatic heterocycles. The van der Waals surface area contributed by atoms with Gasteiger partial charge in [0.1, 0.15) is 5.75 Å². The average molecular weight is 300 g/mol. The lowest BCUT2D eigenvalue weighted by atomic mass is 10.3. The summed E-state index contributed by atoms with van der Waals surface area (Å²) in [5.41, 5.74) is 0.841. The van der Waals surface area contributed by atoms with E-state index in [9.17, 15) is 0 Å². The Morgan fingerprint density at radius 2 is 1.95 bits per heavy atom. The number of hydrogen-bond acceptors (Lipinski definition) is 6. The SMILES string of the molecule is CCn1cc(OCc2nnnn2-c2ccc(OC)cc2)cn1. The van der Waals surface area contributed by atoms with Gasteiger partial charge in [0.05, 0.1) is 25.2 Å². The van der Waals surface area contributed by atoms with Crippen molar-refractivity contribution in [2.45, 2.75) is 20.1 Å². The normalized spacial score (nSPS) is 10.6. The van der Waals surface area contributed by atoms with E-state index in [1.807, 2.05) is 37.4 Å². The second-order valence-corrected chi connectivity index (χ2v) is 4.53. The van der Waals surface area contributed by atoms with Crippen molar-refractivity contribution >= 4 is 0 Å². The van der Waals surface area contributed by atoms with Crippen LogP contribution in [0.2, 0.25) is 0 Å². The molecule has 0 aliphatic rings. The maximum atomic E-state index is 5.67. The number of aryl methyl sites for hydroxylation is 1. The van der Waals surface area contributed by atoms with Crippen LogP contribution in [-0.2, 0) is 13.2 Å². The minimum absolute atomic E-state index is 0.258. The van der Waals surface area contributed by atoms with E-state index in [1.54, 1.807) is 22.7 Å². The van der Waals surface area contributed by atoms with E-state index in [2.05, 4.69) is 20.6 Å². The van der Waals surface area contributed by atoms with Gasteiger partial charge in [0.2, 0.25) is 0 Å². The van der Waals surface area contributed by atoms with Gasteiger partial charge in [-0.3, -0.25) is 4.68 Å². The summed E-state index contributed by atoms with van der Waals surface area (Å²) in [6, 6.07) is 7.47. The van der Waals surface area contributed by atoms with Gasteiger partial charge in [-0.15, -0.1) is 5.10 Å². The Balaban J connectivity index is 1.73. The lowest BCUT2D eigenvalue weighted by Gasteiger charge is -2.06. The quantitative estimate of drug-likeness (QED) is 0.686. The van der Waals surface area contributed by atoms with Crippen molar-refractivity contribution in [3.05, 3.63) is 42.5 Å². The van der Waals surface area contributed by atoms with Crippen molar-refractivity contribution < 1.29 is 9.47 Å². The van der Waals surface area contributed by atoms with Gasteiger partial charge in [-0.2, -0.15) is 9.78 Å². The van der Waals surface area contributed by atoms with Crippen LogP contribution in [0.4, 0.5) is 0 Å². The van der Waals surface area contributed by atoms with Crippen LogP contribution in [0, 0.1) is 0 Å². The highest BCUT2D eigenvalue weighted by Crippen LogP contribution is 2.16. The molecule has 2 aromatic heterocycles. The highest BCUT2D eigenvalue weighted by atomic mass is 16.5. The zero-order valence-electron chi connectivity index (χ0n) is 12.4. The van der Waals surface area contributed by atoms with E-state index in [-0.39, 0.29) is 6.61 Å². The van der Waals surface area contributed by atoms with E-state index in [1.165, 1.54) is 0 Å². The summed E-state index contributed by atoms with van der Waals surface area (Å²) in [5.74, 6) is 2.07. The molecule has 0 saturated heterocycles. The fourth-order valence-electron chi connectivity index (χ4n) is 1.96. The molecule has 0 unspecified atom stereocenters. The molecule has 22 heavy (non-hydrogen) atoms. The predicted octanol–water partition coefficient (Wildman–Crippen LogP) is 1.47. The molecular formula is C14H16N6O2. The fraction of sp³-hybridized carbons (Fsp3) is 0.286. The number of benzene rings is 1. The van der Waals surface area contributed by atoms with Gasteiger partial charge >= 0.3 is 0 Å². The molecular weight excluding hydrogens is 284 g/mol. The van der Waals surface area contributed by atoms with Gasteiger partial charge in [-0.1, -0.05) is 0 Å². The molecule has 0 radical (unpaired) electrons. The maximum absolute atomic E-state index is 5.67. The molecule has 3 rings (SSSR count). The molecule has 0 amide bonds. The summed E-state index contributed by atoms with van der Waals surface area (Å²) in [5, 5.41) is 15.8. The molecule has 8 heteroatoms. The maximum Gasteiger partial charge on any atom is 0.194 e. The molecule has 0 fully saturated rings. The average Bonchev–Trinajstić information content (AvgIpc) is 3.22. The predicted molar refractivity (Wildman–Crippen MR) is 77.9 cm³/mol. The summed E-state index contributed by atoms with van der Waals surface area (Å²) >= 11 is 0. The van der Waals surface area contributed by atoms with Crippen LogP contribution in [0.1, 0.15) is 12.7 Å². The highest BCUT2D eigenvalue weighted by Gasteiger charge is 2.10. The molecule has 0 N–H and O–H groups in total. The third-order valence-corrected chi connectivity index (χ3v) is 3.15. The Morgan fingerprint density at radius 3 is 2.64 bits per heavy atom. The lowest BCUT2D eigenvalue weighted by Crippen LogP contribution is -2.06. The van der Waals surface area contributed by atoms with Crippen LogP contribution >= 0.6 is 0 Å². The first-order valence-corrected chi connectivity index (χ1v) is 6.87. The van der Waals surface area contributed by atoms with Gasteiger partial charge in [0, 0.05) is 6.54 Å². The summed E-state index contributed by atoms with van der Waals surface area (Å²) < 4.78 is 14.2. The summed E-state index contributed by atoms with van der Waals surface area (Å²) in [6.07, 6.45) is 3.51. The molecule has 8 nitrogen and oxygen atoms in total. The van der Waals surface area contributed by atoms with Crippen molar-refractivity contribution in [1.82, 2.24) is 30.0 Å². The van der Waals surface area contributed by atoms with E-state index < -0.39 is 0 Å². The van der Waals surface area contributed by atoms with Gasteiger partial charge in [0.25, 0.3) is 0 Å². The summed E-state index contributed by atoms with van der Waals surface area (Å²) in [7, 11) is 1.63. The minimum Gasteiger partial charge on any atom is -0.497 e. The van der Waals surface area contributed by atoms with Crippen molar-refractivity contribution in [3.63, 3.8) is 0 Å². The van der Waals surface area contributed by atoms with Gasteiger partial charge in [-0.25, -0.2) is 0 Å². The molecule has 0 saturated carbocycles. The third-order valence-electron chi connectivity index (χ3n) is 3.15. The minimum atomic E-state index is 0.258. The lowest BCUT2D eigenvalue weighted by molar-refractivity contribution is 0.292. The third kappa shape index (κ3) is 2.90. The first-order chi connectivity index (χ1) is 10.8. The van der Waals surface area contributed by atoms with E-state index >= 15 is 0 Å². The van der Waals surface area contributed by atoms with Crippen molar-refractivity contribution in [2.24, 2.45) is 0 Å². The van der Waals surface area contributed by atoms with Crippen LogP contribution < -0.4 is 9.47 Å². The van der Waals surface area contributed by atoms with Gasteiger partial charge < -0.3 is 9.47 Å². The van der Waals surface area contributed by atoms with Crippen molar-refractivity contribution in [3.8, 4) is 17.2 Å². The van der Waals surface area contributed by atoms with Gasteiger partial charge in [-0.05, 0) is 41.6 Å². The zero-order chi connectivity index (χ0) is 15.4. The van der Waals surface area contributed by atoms with Crippen molar-refractivity contribution in [2.75, 3.05) is 7.11 Å². The van der Waals surface area contributed by atoms with Crippen LogP contribution in [0.5, 0.6) is 11.5 Å². The first kappa shape index (κ1) is 14.1. The van der Waals surface area contributed by atoms with E-state index in [4.69, 9.17) is 9.47 Å². The zero-order valence-corrected chi connectivity index (χ0v) is 12.4. The number of ether oxygens (including phenoxy) is 2. The summed E-state index contributed by atoms with van der Waals surface area (Å²) in [6.45, 7) is 3.07. The fourth-order valence-corrected chi connectivity index (χ4v) is 1.96. The summed E-state index contributed by atoms with van der Waals surface area (Å²) in [4.78, 5) is 0. The van der Waals surface area contributed by atoms with E-state index in [0.717, 1.165) is 18.0 Å². The topological polar surface area (TPSA) is 79.9 Å².